The lowest BCUT2D eigenvalue weighted by Crippen LogP contribution is -2.31. The monoisotopic (exact) mass is 321 g/mol. The van der Waals surface area contributed by atoms with E-state index in [4.69, 9.17) is 5.73 Å². The van der Waals surface area contributed by atoms with Gasteiger partial charge in [-0.1, -0.05) is 47.8 Å². The number of alkyl halides is 3. The number of carbonyl (C=O) groups excluding carboxylic acids is 1. The van der Waals surface area contributed by atoms with Crippen LogP contribution in [0.25, 0.3) is 0 Å². The highest BCUT2D eigenvalue weighted by Gasteiger charge is 2.19. The SMILES string of the molecule is NC(=O)[C@H](Br)[C@H](Br)CBr. The minimum absolute atomic E-state index is 0.0648. The van der Waals surface area contributed by atoms with Gasteiger partial charge in [0.1, 0.15) is 4.83 Å². The molecule has 0 unspecified atom stereocenters. The average molecular weight is 324 g/mol. The van der Waals surface area contributed by atoms with Crippen LogP contribution in [0.3, 0.4) is 0 Å². The van der Waals surface area contributed by atoms with Crippen molar-refractivity contribution in [2.24, 2.45) is 5.73 Å². The van der Waals surface area contributed by atoms with Crippen LogP contribution >= 0.6 is 47.8 Å². The van der Waals surface area contributed by atoms with Gasteiger partial charge in [0.2, 0.25) is 5.91 Å². The molecule has 2 N–H and O–H groups in total. The summed E-state index contributed by atoms with van der Waals surface area (Å²) >= 11 is 9.56. The number of rotatable bonds is 3. The third-order valence-corrected chi connectivity index (χ3v) is 4.95. The summed E-state index contributed by atoms with van der Waals surface area (Å²) in [4.78, 5) is 10.2. The lowest BCUT2D eigenvalue weighted by atomic mass is 10.3. The van der Waals surface area contributed by atoms with Gasteiger partial charge >= 0.3 is 0 Å². The van der Waals surface area contributed by atoms with Gasteiger partial charge in [-0.05, 0) is 0 Å². The Hall–Kier alpha value is 0.910. The second-order valence-electron chi connectivity index (χ2n) is 1.47. The van der Waals surface area contributed by atoms with Gasteiger partial charge in [0.15, 0.2) is 0 Å². The first kappa shape index (κ1) is 9.91. The highest BCUT2D eigenvalue weighted by molar-refractivity contribution is 9.13. The van der Waals surface area contributed by atoms with Crippen molar-refractivity contribution in [1.29, 1.82) is 0 Å². The van der Waals surface area contributed by atoms with E-state index in [2.05, 4.69) is 47.8 Å². The zero-order valence-corrected chi connectivity index (χ0v) is 9.24. The standard InChI is InChI=1S/C4H6Br3NO/c5-1-2(6)3(7)4(8)9/h2-3H,1H2,(H2,8,9)/t2-,3-/m1/s1. The van der Waals surface area contributed by atoms with Crippen molar-refractivity contribution in [2.45, 2.75) is 9.65 Å². The molecule has 2 nitrogen and oxygen atoms in total. The van der Waals surface area contributed by atoms with E-state index in [0.717, 1.165) is 0 Å². The molecule has 9 heavy (non-hydrogen) atoms. The molecule has 0 saturated carbocycles. The topological polar surface area (TPSA) is 43.1 Å². The first-order valence-electron chi connectivity index (χ1n) is 2.23. The van der Waals surface area contributed by atoms with E-state index in [1.807, 2.05) is 0 Å². The number of primary amides is 1. The molecule has 0 fully saturated rings. The molecule has 0 aromatic heterocycles. The number of hydrogen-bond acceptors (Lipinski definition) is 1. The van der Waals surface area contributed by atoms with Crippen LogP contribution in [0.15, 0.2) is 0 Å². The Kier molecular flexibility index (Phi) is 5.16. The Morgan fingerprint density at radius 3 is 2.11 bits per heavy atom. The fourth-order valence-electron chi connectivity index (χ4n) is 0.256. The fraction of sp³-hybridized carbons (Fsp3) is 0.750. The maximum absolute atomic E-state index is 10.4. The average Bonchev–Trinajstić information content (AvgIpc) is 1.84. The Bertz CT molecular complexity index is 108. The molecule has 0 heterocycles. The summed E-state index contributed by atoms with van der Waals surface area (Å²) in [5.74, 6) is -0.351. The molecule has 0 aliphatic carbocycles. The van der Waals surface area contributed by atoms with Gasteiger partial charge in [-0.15, -0.1) is 0 Å². The summed E-state index contributed by atoms with van der Waals surface area (Å²) in [6.07, 6.45) is 0. The van der Waals surface area contributed by atoms with E-state index >= 15 is 0 Å². The molecular weight excluding hydrogens is 318 g/mol. The van der Waals surface area contributed by atoms with Crippen molar-refractivity contribution in [1.82, 2.24) is 0 Å². The van der Waals surface area contributed by atoms with Gasteiger partial charge in [0.05, 0.1) is 0 Å². The predicted molar refractivity (Wildman–Crippen MR) is 48.4 cm³/mol. The molecule has 0 aromatic rings. The van der Waals surface area contributed by atoms with Crippen molar-refractivity contribution in [3.05, 3.63) is 0 Å². The third kappa shape index (κ3) is 3.57. The maximum Gasteiger partial charge on any atom is 0.232 e. The van der Waals surface area contributed by atoms with Crippen LogP contribution in [0.1, 0.15) is 0 Å². The number of hydrogen-bond donors (Lipinski definition) is 1. The normalized spacial score (nSPS) is 16.8. The molecule has 0 aliphatic heterocycles. The molecule has 0 aliphatic rings. The van der Waals surface area contributed by atoms with E-state index in [9.17, 15) is 4.79 Å². The van der Waals surface area contributed by atoms with Crippen LogP contribution < -0.4 is 5.73 Å². The first-order chi connectivity index (χ1) is 4.09. The summed E-state index contributed by atoms with van der Waals surface area (Å²) in [7, 11) is 0. The molecule has 54 valence electrons. The van der Waals surface area contributed by atoms with Crippen molar-refractivity contribution in [2.75, 3.05) is 5.33 Å². The van der Waals surface area contributed by atoms with Crippen LogP contribution in [-0.2, 0) is 4.79 Å². The van der Waals surface area contributed by atoms with Gasteiger partial charge in [0.25, 0.3) is 0 Å². The van der Waals surface area contributed by atoms with Crippen LogP contribution in [0, 0.1) is 0 Å². The second-order valence-corrected chi connectivity index (χ2v) is 4.28. The molecule has 0 radical (unpaired) electrons. The highest BCUT2D eigenvalue weighted by Crippen LogP contribution is 2.15. The highest BCUT2D eigenvalue weighted by atomic mass is 79.9. The first-order valence-corrected chi connectivity index (χ1v) is 5.18. The van der Waals surface area contributed by atoms with E-state index in [1.165, 1.54) is 0 Å². The van der Waals surface area contributed by atoms with Crippen LogP contribution in [-0.4, -0.2) is 20.9 Å². The van der Waals surface area contributed by atoms with Crippen LogP contribution in [0.2, 0.25) is 0 Å². The third-order valence-electron chi connectivity index (χ3n) is 0.737. The number of amides is 1. The van der Waals surface area contributed by atoms with Crippen molar-refractivity contribution >= 4 is 53.7 Å². The van der Waals surface area contributed by atoms with Crippen LogP contribution in [0.4, 0.5) is 0 Å². The molecule has 0 bridgehead atoms. The van der Waals surface area contributed by atoms with E-state index in [0.29, 0.717) is 5.33 Å². The van der Waals surface area contributed by atoms with E-state index < -0.39 is 0 Å². The van der Waals surface area contributed by atoms with Crippen molar-refractivity contribution in [3.8, 4) is 0 Å². The van der Waals surface area contributed by atoms with E-state index in [1.54, 1.807) is 0 Å². The van der Waals surface area contributed by atoms with Crippen molar-refractivity contribution < 1.29 is 4.79 Å². The number of nitrogens with two attached hydrogens (primary N) is 1. The zero-order valence-electron chi connectivity index (χ0n) is 4.48. The quantitative estimate of drug-likeness (QED) is 0.784. The molecule has 0 rings (SSSR count). The smallest absolute Gasteiger partial charge is 0.232 e. The molecule has 1 amide bonds. The minimum Gasteiger partial charge on any atom is -0.369 e. The number of carbonyl (C=O) groups is 1. The summed E-state index contributed by atoms with van der Waals surface area (Å²) in [5, 5.41) is 0.700. The largest absolute Gasteiger partial charge is 0.369 e. The Morgan fingerprint density at radius 1 is 1.56 bits per heavy atom. The Labute approximate surface area is 78.9 Å². The van der Waals surface area contributed by atoms with Gasteiger partial charge in [-0.3, -0.25) is 4.79 Å². The Morgan fingerprint density at radius 2 is 2.00 bits per heavy atom. The summed E-state index contributed by atoms with van der Waals surface area (Å²) in [5.41, 5.74) is 4.98. The second kappa shape index (κ2) is 4.68. The maximum atomic E-state index is 10.4. The summed E-state index contributed by atoms with van der Waals surface area (Å²) in [6.45, 7) is 0. The summed E-state index contributed by atoms with van der Waals surface area (Å²) in [6, 6.07) is 0. The molecule has 0 spiro atoms. The molecule has 0 aromatic carbocycles. The van der Waals surface area contributed by atoms with Gasteiger partial charge in [0, 0.05) is 10.2 Å². The lowest BCUT2D eigenvalue weighted by molar-refractivity contribution is -0.117. The lowest BCUT2D eigenvalue weighted by Gasteiger charge is -2.08. The zero-order chi connectivity index (χ0) is 7.44. The minimum atomic E-state index is -0.351. The van der Waals surface area contributed by atoms with Gasteiger partial charge in [-0.2, -0.15) is 0 Å². The molecule has 2 atom stereocenters. The molecular formula is C4H6Br3NO. The summed E-state index contributed by atoms with van der Waals surface area (Å²) < 4.78 is 0. The number of halogens is 3. The predicted octanol–water partition coefficient (Wildman–Crippen LogP) is 1.39. The van der Waals surface area contributed by atoms with Gasteiger partial charge in [-0.25, -0.2) is 0 Å². The van der Waals surface area contributed by atoms with Gasteiger partial charge < -0.3 is 5.73 Å². The molecule has 0 saturated heterocycles. The Balaban J connectivity index is 3.72. The van der Waals surface area contributed by atoms with Crippen LogP contribution in [0.5, 0.6) is 0 Å². The van der Waals surface area contributed by atoms with Crippen molar-refractivity contribution in [3.63, 3.8) is 0 Å². The van der Waals surface area contributed by atoms with E-state index in [-0.39, 0.29) is 15.6 Å². The fourth-order valence-corrected chi connectivity index (χ4v) is 1.58. The molecule has 5 heteroatoms.